The normalized spacial score (nSPS) is 19.4. The minimum absolute atomic E-state index is 0.607. The van der Waals surface area contributed by atoms with Crippen molar-refractivity contribution in [1.82, 2.24) is 10.2 Å². The van der Waals surface area contributed by atoms with Gasteiger partial charge in [-0.15, -0.1) is 0 Å². The number of hydrogen-bond acceptors (Lipinski definition) is 3. The van der Waals surface area contributed by atoms with Crippen molar-refractivity contribution in [3.05, 3.63) is 0 Å². The first-order valence-corrected chi connectivity index (χ1v) is 5.16. The van der Waals surface area contributed by atoms with Crippen molar-refractivity contribution in [2.75, 3.05) is 33.9 Å². The molecular weight excluding hydrogens is 164 g/mol. The van der Waals surface area contributed by atoms with Crippen molar-refractivity contribution < 1.29 is 4.74 Å². The molecule has 1 aliphatic rings. The molecule has 1 atom stereocenters. The highest BCUT2D eigenvalue weighted by Gasteiger charge is 2.21. The maximum absolute atomic E-state index is 5.04. The summed E-state index contributed by atoms with van der Waals surface area (Å²) in [5, 5.41) is 3.53. The van der Waals surface area contributed by atoms with Crippen molar-refractivity contribution in [1.29, 1.82) is 0 Å². The average Bonchev–Trinajstić information content (AvgIpc) is 2.93. The van der Waals surface area contributed by atoms with E-state index in [1.165, 1.54) is 12.8 Å². The SMILES string of the molecule is COCCN(C)C(C)CNC1CC1. The highest BCUT2D eigenvalue weighted by Crippen LogP contribution is 2.18. The van der Waals surface area contributed by atoms with Crippen LogP contribution in [0, 0.1) is 0 Å². The molecule has 0 aromatic carbocycles. The summed E-state index contributed by atoms with van der Waals surface area (Å²) in [6.07, 6.45) is 2.74. The zero-order chi connectivity index (χ0) is 9.68. The van der Waals surface area contributed by atoms with Crippen LogP contribution in [0.4, 0.5) is 0 Å². The van der Waals surface area contributed by atoms with Gasteiger partial charge in [0.15, 0.2) is 0 Å². The predicted octanol–water partition coefficient (Wildman–Crippen LogP) is 0.705. The van der Waals surface area contributed by atoms with E-state index in [9.17, 15) is 0 Å². The van der Waals surface area contributed by atoms with Gasteiger partial charge < -0.3 is 15.0 Å². The zero-order valence-corrected chi connectivity index (χ0v) is 9.05. The molecule has 1 unspecified atom stereocenters. The van der Waals surface area contributed by atoms with E-state index in [1.54, 1.807) is 7.11 Å². The fourth-order valence-electron chi connectivity index (χ4n) is 1.24. The van der Waals surface area contributed by atoms with E-state index in [0.717, 1.165) is 25.7 Å². The van der Waals surface area contributed by atoms with E-state index >= 15 is 0 Å². The van der Waals surface area contributed by atoms with E-state index < -0.39 is 0 Å². The predicted molar refractivity (Wildman–Crippen MR) is 55.0 cm³/mol. The topological polar surface area (TPSA) is 24.5 Å². The molecule has 3 heteroatoms. The molecule has 0 spiro atoms. The van der Waals surface area contributed by atoms with Gasteiger partial charge in [-0.25, -0.2) is 0 Å². The lowest BCUT2D eigenvalue weighted by Gasteiger charge is -2.24. The number of hydrogen-bond donors (Lipinski definition) is 1. The van der Waals surface area contributed by atoms with Gasteiger partial charge in [-0.05, 0) is 26.8 Å². The van der Waals surface area contributed by atoms with Gasteiger partial charge in [0.1, 0.15) is 0 Å². The smallest absolute Gasteiger partial charge is 0.0589 e. The summed E-state index contributed by atoms with van der Waals surface area (Å²) in [6, 6.07) is 1.43. The van der Waals surface area contributed by atoms with E-state index in [0.29, 0.717) is 6.04 Å². The van der Waals surface area contributed by atoms with Gasteiger partial charge in [-0.3, -0.25) is 0 Å². The molecular formula is C10H22N2O. The van der Waals surface area contributed by atoms with Crippen LogP contribution in [0.25, 0.3) is 0 Å². The van der Waals surface area contributed by atoms with Crippen LogP contribution in [0.2, 0.25) is 0 Å². The highest BCUT2D eigenvalue weighted by molar-refractivity contribution is 4.82. The lowest BCUT2D eigenvalue weighted by Crippen LogP contribution is -2.40. The minimum atomic E-state index is 0.607. The minimum Gasteiger partial charge on any atom is -0.383 e. The molecule has 0 aromatic rings. The molecule has 1 saturated carbocycles. The molecule has 0 heterocycles. The van der Waals surface area contributed by atoms with E-state index in [2.05, 4.69) is 24.2 Å². The zero-order valence-electron chi connectivity index (χ0n) is 9.05. The quantitative estimate of drug-likeness (QED) is 0.633. The van der Waals surface area contributed by atoms with Crippen LogP contribution in [0.15, 0.2) is 0 Å². The van der Waals surface area contributed by atoms with Gasteiger partial charge >= 0.3 is 0 Å². The third-order valence-electron chi connectivity index (χ3n) is 2.68. The van der Waals surface area contributed by atoms with Crippen molar-refractivity contribution in [2.45, 2.75) is 31.8 Å². The lowest BCUT2D eigenvalue weighted by atomic mass is 10.3. The second-order valence-corrected chi connectivity index (χ2v) is 4.00. The van der Waals surface area contributed by atoms with Crippen LogP contribution in [-0.4, -0.2) is 50.8 Å². The van der Waals surface area contributed by atoms with Gasteiger partial charge in [0.05, 0.1) is 6.61 Å². The summed E-state index contributed by atoms with van der Waals surface area (Å²) < 4.78 is 5.04. The fourth-order valence-corrected chi connectivity index (χ4v) is 1.24. The monoisotopic (exact) mass is 186 g/mol. The lowest BCUT2D eigenvalue weighted by molar-refractivity contribution is 0.142. The Labute approximate surface area is 81.4 Å². The van der Waals surface area contributed by atoms with Crippen LogP contribution in [-0.2, 0) is 4.74 Å². The summed E-state index contributed by atoms with van der Waals surface area (Å²) in [5.74, 6) is 0. The summed E-state index contributed by atoms with van der Waals surface area (Å²) in [5.41, 5.74) is 0. The first-order chi connectivity index (χ1) is 6.24. The Balaban J connectivity index is 2.01. The third kappa shape index (κ3) is 4.60. The van der Waals surface area contributed by atoms with Crippen LogP contribution in [0.1, 0.15) is 19.8 Å². The highest BCUT2D eigenvalue weighted by atomic mass is 16.5. The number of likely N-dealkylation sites (N-methyl/N-ethyl adjacent to an activating group) is 1. The van der Waals surface area contributed by atoms with Gasteiger partial charge in [0.2, 0.25) is 0 Å². The fraction of sp³-hybridized carbons (Fsp3) is 1.00. The molecule has 0 aliphatic heterocycles. The molecule has 3 nitrogen and oxygen atoms in total. The second-order valence-electron chi connectivity index (χ2n) is 4.00. The first kappa shape index (κ1) is 11.0. The van der Waals surface area contributed by atoms with Gasteiger partial charge in [0, 0.05) is 32.3 Å². The second kappa shape index (κ2) is 5.58. The summed E-state index contributed by atoms with van der Waals surface area (Å²) >= 11 is 0. The molecule has 0 radical (unpaired) electrons. The summed E-state index contributed by atoms with van der Waals surface area (Å²) in [4.78, 5) is 2.33. The van der Waals surface area contributed by atoms with Gasteiger partial charge in [-0.2, -0.15) is 0 Å². The number of nitrogens with zero attached hydrogens (tertiary/aromatic N) is 1. The Morgan fingerprint density at radius 3 is 2.77 bits per heavy atom. The van der Waals surface area contributed by atoms with Gasteiger partial charge in [-0.1, -0.05) is 0 Å². The molecule has 0 saturated heterocycles. The molecule has 13 heavy (non-hydrogen) atoms. The molecule has 0 bridgehead atoms. The third-order valence-corrected chi connectivity index (χ3v) is 2.68. The number of methoxy groups -OCH3 is 1. The Kier molecular flexibility index (Phi) is 4.70. The van der Waals surface area contributed by atoms with Crippen molar-refractivity contribution in [3.63, 3.8) is 0 Å². The molecule has 0 amide bonds. The maximum Gasteiger partial charge on any atom is 0.0589 e. The van der Waals surface area contributed by atoms with E-state index in [-0.39, 0.29) is 0 Å². The number of rotatable bonds is 7. The van der Waals surface area contributed by atoms with Gasteiger partial charge in [0.25, 0.3) is 0 Å². The van der Waals surface area contributed by atoms with Crippen LogP contribution >= 0.6 is 0 Å². The molecule has 78 valence electrons. The maximum atomic E-state index is 5.04. The Bertz CT molecular complexity index is 137. The Hall–Kier alpha value is -0.120. The van der Waals surface area contributed by atoms with Crippen LogP contribution < -0.4 is 5.32 Å². The van der Waals surface area contributed by atoms with Crippen LogP contribution in [0.5, 0.6) is 0 Å². The van der Waals surface area contributed by atoms with Crippen molar-refractivity contribution in [2.24, 2.45) is 0 Å². The van der Waals surface area contributed by atoms with Crippen molar-refractivity contribution in [3.8, 4) is 0 Å². The largest absolute Gasteiger partial charge is 0.383 e. The van der Waals surface area contributed by atoms with E-state index in [4.69, 9.17) is 4.74 Å². The number of nitrogens with one attached hydrogen (secondary N) is 1. The Morgan fingerprint density at radius 1 is 1.54 bits per heavy atom. The molecule has 0 aromatic heterocycles. The molecule has 1 aliphatic carbocycles. The molecule has 1 N–H and O–H groups in total. The van der Waals surface area contributed by atoms with E-state index in [1.807, 2.05) is 0 Å². The Morgan fingerprint density at radius 2 is 2.23 bits per heavy atom. The van der Waals surface area contributed by atoms with Crippen molar-refractivity contribution >= 4 is 0 Å². The molecule has 1 fully saturated rings. The first-order valence-electron chi connectivity index (χ1n) is 5.16. The number of ether oxygens (including phenoxy) is 1. The van der Waals surface area contributed by atoms with Crippen LogP contribution in [0.3, 0.4) is 0 Å². The summed E-state index contributed by atoms with van der Waals surface area (Å²) in [7, 11) is 3.90. The molecule has 1 rings (SSSR count). The average molecular weight is 186 g/mol. The summed E-state index contributed by atoms with van der Waals surface area (Å²) in [6.45, 7) is 5.20. The standard InChI is InChI=1S/C10H22N2O/c1-9(8-11-10-4-5-10)12(2)6-7-13-3/h9-11H,4-8H2,1-3H3.